The Hall–Kier alpha value is -2.24. The first-order valence-corrected chi connectivity index (χ1v) is 5.07. The van der Waals surface area contributed by atoms with Crippen LogP contribution in [-0.4, -0.2) is 27.0 Å². The van der Waals surface area contributed by atoms with Gasteiger partial charge < -0.3 is 9.84 Å². The van der Waals surface area contributed by atoms with Gasteiger partial charge in [0.15, 0.2) is 11.4 Å². The third-order valence-corrected chi connectivity index (χ3v) is 1.82. The quantitative estimate of drug-likeness (QED) is 0.617. The highest BCUT2D eigenvalue weighted by Crippen LogP contribution is 2.04. The highest BCUT2D eigenvalue weighted by atomic mass is 16.5. The third kappa shape index (κ3) is 3.67. The topological polar surface area (TPSA) is 89.4 Å². The molecule has 1 aromatic rings. The molecule has 0 saturated heterocycles. The van der Waals surface area contributed by atoms with Crippen LogP contribution in [0.1, 0.15) is 40.7 Å². The molecule has 0 aliphatic heterocycles. The summed E-state index contributed by atoms with van der Waals surface area (Å²) < 4.78 is 4.74. The predicted octanol–water partition coefficient (Wildman–Crippen LogP) is 1.65. The molecule has 0 aliphatic carbocycles. The van der Waals surface area contributed by atoms with E-state index in [1.54, 1.807) is 6.08 Å². The molecule has 1 rings (SSSR count). The van der Waals surface area contributed by atoms with Gasteiger partial charge >= 0.3 is 11.9 Å². The molecule has 0 atom stereocenters. The molecular weight excluding hydrogens is 224 g/mol. The summed E-state index contributed by atoms with van der Waals surface area (Å²) in [6, 6.07) is 0. The summed E-state index contributed by atoms with van der Waals surface area (Å²) in [5.74, 6) is -2.15. The highest BCUT2D eigenvalue weighted by Gasteiger charge is 2.19. The number of hydrogen-bond acceptors (Lipinski definition) is 5. The molecule has 0 fully saturated rings. The standard InChI is InChI=1S/C11H12N2O4/c1-2-3-4-7-17-11(16)9-8(10(14)15)12-5-6-13-9/h4-7H,2-3H2,1H3,(H,14,15). The number of nitrogens with zero attached hydrogens (tertiary/aromatic N) is 2. The lowest BCUT2D eigenvalue weighted by molar-refractivity contribution is 0.0621. The second-order valence-electron chi connectivity index (χ2n) is 3.12. The maximum atomic E-state index is 11.5. The predicted molar refractivity (Wildman–Crippen MR) is 58.5 cm³/mol. The fourth-order valence-corrected chi connectivity index (χ4v) is 1.04. The zero-order valence-electron chi connectivity index (χ0n) is 9.29. The van der Waals surface area contributed by atoms with Crippen molar-refractivity contribution in [3.8, 4) is 0 Å². The van der Waals surface area contributed by atoms with E-state index in [2.05, 4.69) is 9.97 Å². The van der Waals surface area contributed by atoms with Crippen molar-refractivity contribution < 1.29 is 19.4 Å². The Morgan fingerprint density at radius 3 is 2.59 bits per heavy atom. The van der Waals surface area contributed by atoms with Crippen molar-refractivity contribution in [3.63, 3.8) is 0 Å². The summed E-state index contributed by atoms with van der Waals surface area (Å²) in [4.78, 5) is 29.5. The van der Waals surface area contributed by atoms with Crippen LogP contribution in [0.25, 0.3) is 0 Å². The number of carbonyl (C=O) groups is 2. The fraction of sp³-hybridized carbons (Fsp3) is 0.273. The van der Waals surface area contributed by atoms with Crippen LogP contribution >= 0.6 is 0 Å². The Kier molecular flexibility index (Phi) is 4.80. The van der Waals surface area contributed by atoms with Gasteiger partial charge in [0.25, 0.3) is 0 Å². The Morgan fingerprint density at radius 2 is 2.00 bits per heavy atom. The minimum atomic E-state index is -1.32. The van der Waals surface area contributed by atoms with Crippen LogP contribution in [0.4, 0.5) is 0 Å². The number of ether oxygens (including phenoxy) is 1. The second kappa shape index (κ2) is 6.37. The molecular formula is C11H12N2O4. The molecule has 90 valence electrons. The number of allylic oxidation sites excluding steroid dienone is 1. The van der Waals surface area contributed by atoms with Crippen LogP contribution in [0.2, 0.25) is 0 Å². The van der Waals surface area contributed by atoms with Gasteiger partial charge in [-0.15, -0.1) is 0 Å². The van der Waals surface area contributed by atoms with Gasteiger partial charge in [0.05, 0.1) is 6.26 Å². The zero-order chi connectivity index (χ0) is 12.7. The van der Waals surface area contributed by atoms with Gasteiger partial charge in [-0.05, 0) is 12.5 Å². The number of rotatable bonds is 5. The SMILES string of the molecule is CCCC=COC(=O)c1nccnc1C(=O)O. The maximum Gasteiger partial charge on any atom is 0.364 e. The van der Waals surface area contributed by atoms with Crippen LogP contribution < -0.4 is 0 Å². The van der Waals surface area contributed by atoms with Crippen molar-refractivity contribution in [2.75, 3.05) is 0 Å². The molecule has 1 aromatic heterocycles. The van der Waals surface area contributed by atoms with Crippen molar-refractivity contribution in [1.29, 1.82) is 0 Å². The lowest BCUT2D eigenvalue weighted by Crippen LogP contribution is -2.13. The van der Waals surface area contributed by atoms with Crippen LogP contribution in [0, 0.1) is 0 Å². The smallest absolute Gasteiger partial charge is 0.364 e. The number of hydrogen-bond donors (Lipinski definition) is 1. The second-order valence-corrected chi connectivity index (χ2v) is 3.12. The van der Waals surface area contributed by atoms with Crippen LogP contribution in [0.15, 0.2) is 24.7 Å². The first-order chi connectivity index (χ1) is 8.16. The van der Waals surface area contributed by atoms with Crippen molar-refractivity contribution >= 4 is 11.9 Å². The molecule has 0 aromatic carbocycles. The minimum Gasteiger partial charge on any atom is -0.476 e. The van der Waals surface area contributed by atoms with Crippen molar-refractivity contribution in [2.45, 2.75) is 19.8 Å². The number of unbranched alkanes of at least 4 members (excludes halogenated alkanes) is 1. The molecule has 0 aliphatic rings. The summed E-state index contributed by atoms with van der Waals surface area (Å²) >= 11 is 0. The molecule has 17 heavy (non-hydrogen) atoms. The Morgan fingerprint density at radius 1 is 1.35 bits per heavy atom. The van der Waals surface area contributed by atoms with E-state index in [0.29, 0.717) is 0 Å². The fourth-order valence-electron chi connectivity index (χ4n) is 1.04. The van der Waals surface area contributed by atoms with Gasteiger partial charge in [0.2, 0.25) is 0 Å². The summed E-state index contributed by atoms with van der Waals surface area (Å²) in [5.41, 5.74) is -0.720. The van der Waals surface area contributed by atoms with E-state index in [4.69, 9.17) is 9.84 Å². The summed E-state index contributed by atoms with van der Waals surface area (Å²) in [6.45, 7) is 1.98. The lowest BCUT2D eigenvalue weighted by atomic mass is 10.3. The summed E-state index contributed by atoms with van der Waals surface area (Å²) in [5, 5.41) is 8.80. The molecule has 1 heterocycles. The number of aromatic nitrogens is 2. The molecule has 0 spiro atoms. The number of carboxylic acids is 1. The van der Waals surface area contributed by atoms with Gasteiger partial charge in [0.1, 0.15) is 0 Å². The van der Waals surface area contributed by atoms with E-state index in [-0.39, 0.29) is 5.69 Å². The molecule has 0 bridgehead atoms. The van der Waals surface area contributed by atoms with Gasteiger partial charge in [-0.1, -0.05) is 13.3 Å². The molecule has 0 amide bonds. The first kappa shape index (κ1) is 12.8. The largest absolute Gasteiger partial charge is 0.476 e. The van der Waals surface area contributed by atoms with E-state index in [9.17, 15) is 9.59 Å². The van der Waals surface area contributed by atoms with Gasteiger partial charge in [-0.2, -0.15) is 0 Å². The molecule has 0 radical (unpaired) electrons. The van der Waals surface area contributed by atoms with Crippen molar-refractivity contribution in [1.82, 2.24) is 9.97 Å². The van der Waals surface area contributed by atoms with E-state index < -0.39 is 17.6 Å². The molecule has 0 saturated carbocycles. The van der Waals surface area contributed by atoms with Gasteiger partial charge in [-0.25, -0.2) is 19.6 Å². The third-order valence-electron chi connectivity index (χ3n) is 1.82. The normalized spacial score (nSPS) is 10.4. The van der Waals surface area contributed by atoms with Crippen LogP contribution in [0.5, 0.6) is 0 Å². The average Bonchev–Trinajstić information content (AvgIpc) is 2.34. The van der Waals surface area contributed by atoms with Gasteiger partial charge in [-0.3, -0.25) is 0 Å². The molecule has 0 unspecified atom stereocenters. The van der Waals surface area contributed by atoms with E-state index >= 15 is 0 Å². The average molecular weight is 236 g/mol. The highest BCUT2D eigenvalue weighted by molar-refractivity contribution is 5.99. The Bertz CT molecular complexity index is 443. The Labute approximate surface area is 98.0 Å². The lowest BCUT2D eigenvalue weighted by Gasteiger charge is -2.01. The van der Waals surface area contributed by atoms with Crippen LogP contribution in [-0.2, 0) is 4.74 Å². The van der Waals surface area contributed by atoms with Crippen LogP contribution in [0.3, 0.4) is 0 Å². The van der Waals surface area contributed by atoms with E-state index in [0.717, 1.165) is 12.8 Å². The van der Waals surface area contributed by atoms with Crippen molar-refractivity contribution in [2.24, 2.45) is 0 Å². The van der Waals surface area contributed by atoms with Crippen molar-refractivity contribution in [3.05, 3.63) is 36.1 Å². The zero-order valence-corrected chi connectivity index (χ0v) is 9.29. The maximum absolute atomic E-state index is 11.5. The number of carbonyl (C=O) groups excluding carboxylic acids is 1. The first-order valence-electron chi connectivity index (χ1n) is 5.07. The summed E-state index contributed by atoms with van der Waals surface area (Å²) in [7, 11) is 0. The minimum absolute atomic E-state index is 0.304. The van der Waals surface area contributed by atoms with E-state index in [1.165, 1.54) is 18.7 Å². The number of carboxylic acid groups (broad SMARTS) is 1. The Balaban J connectivity index is 2.78. The number of esters is 1. The molecule has 6 heteroatoms. The summed E-state index contributed by atoms with van der Waals surface area (Å²) in [6.07, 6.45) is 7.05. The molecule has 6 nitrogen and oxygen atoms in total. The van der Waals surface area contributed by atoms with E-state index in [1.807, 2.05) is 6.92 Å². The number of aromatic carboxylic acids is 1. The molecule has 1 N–H and O–H groups in total. The monoisotopic (exact) mass is 236 g/mol. The van der Waals surface area contributed by atoms with Gasteiger partial charge in [0, 0.05) is 12.4 Å².